The van der Waals surface area contributed by atoms with Crippen molar-refractivity contribution in [1.29, 1.82) is 0 Å². The van der Waals surface area contributed by atoms with Gasteiger partial charge in [0.15, 0.2) is 0 Å². The summed E-state index contributed by atoms with van der Waals surface area (Å²) in [5, 5.41) is 3.58. The number of nitrogens with one attached hydrogen (secondary N) is 1. The van der Waals surface area contributed by atoms with Crippen molar-refractivity contribution >= 4 is 27.9 Å². The number of hydrogen-bond acceptors (Lipinski definition) is 3. The van der Waals surface area contributed by atoms with Gasteiger partial charge in [-0.1, -0.05) is 25.1 Å². The largest absolute Gasteiger partial charge is 0.390 e. The number of fused-ring (bicyclic) bond motifs is 1. The van der Waals surface area contributed by atoms with Gasteiger partial charge in [-0.25, -0.2) is 0 Å². The van der Waals surface area contributed by atoms with Crippen LogP contribution in [0.3, 0.4) is 0 Å². The van der Waals surface area contributed by atoms with E-state index in [9.17, 15) is 4.79 Å². The van der Waals surface area contributed by atoms with Gasteiger partial charge in [0.05, 0.1) is 10.6 Å². The Balaban J connectivity index is 1.89. The molecule has 0 aliphatic heterocycles. The van der Waals surface area contributed by atoms with Crippen molar-refractivity contribution in [2.75, 3.05) is 11.1 Å². The molecule has 2 aromatic rings. The lowest BCUT2D eigenvalue weighted by atomic mass is 9.88. The van der Waals surface area contributed by atoms with Gasteiger partial charge < -0.3 is 11.1 Å². The van der Waals surface area contributed by atoms with Crippen LogP contribution in [0.4, 0.5) is 10.7 Å². The summed E-state index contributed by atoms with van der Waals surface area (Å²) in [6.45, 7) is 2.25. The van der Waals surface area contributed by atoms with E-state index < -0.39 is 0 Å². The number of benzene rings is 1. The maximum Gasteiger partial charge on any atom is 0.258 e. The van der Waals surface area contributed by atoms with Crippen molar-refractivity contribution in [3.8, 4) is 0 Å². The smallest absolute Gasteiger partial charge is 0.258 e. The first-order chi connectivity index (χ1) is 9.65. The first-order valence-electron chi connectivity index (χ1n) is 6.91. The van der Waals surface area contributed by atoms with Crippen LogP contribution in [0.1, 0.15) is 34.1 Å². The van der Waals surface area contributed by atoms with Crippen LogP contribution in [0.2, 0.25) is 0 Å². The average molecular weight is 286 g/mol. The van der Waals surface area contributed by atoms with Crippen molar-refractivity contribution in [3.05, 3.63) is 46.3 Å². The zero-order valence-electron chi connectivity index (χ0n) is 11.5. The molecule has 1 atom stereocenters. The first kappa shape index (κ1) is 13.2. The second-order valence-electron chi connectivity index (χ2n) is 5.41. The minimum Gasteiger partial charge on any atom is -0.390 e. The summed E-state index contributed by atoms with van der Waals surface area (Å²) < 4.78 is 0. The fourth-order valence-corrected chi connectivity index (χ4v) is 4.01. The number of nitrogens with two attached hydrogens (primary N) is 1. The Labute approximate surface area is 122 Å². The zero-order chi connectivity index (χ0) is 14.1. The Kier molecular flexibility index (Phi) is 3.49. The molecule has 4 heteroatoms. The van der Waals surface area contributed by atoms with Crippen LogP contribution >= 0.6 is 11.3 Å². The summed E-state index contributed by atoms with van der Waals surface area (Å²) >= 11 is 1.58. The molecule has 0 spiro atoms. The molecule has 1 heterocycles. The quantitative estimate of drug-likeness (QED) is 0.884. The highest BCUT2D eigenvalue weighted by Gasteiger charge is 2.26. The van der Waals surface area contributed by atoms with Gasteiger partial charge >= 0.3 is 0 Å². The lowest BCUT2D eigenvalue weighted by Crippen LogP contribution is -2.17. The second-order valence-corrected chi connectivity index (χ2v) is 6.55. The number of rotatable bonds is 2. The standard InChI is InChI=1S/C16H18N2OS/c1-10-7-8-12-13(9-10)20-15(17)14(12)16(19)18-11-5-3-2-4-6-11/h2-6,10H,7-9,17H2,1H3,(H,18,19)/t10-/m0/s1. The lowest BCUT2D eigenvalue weighted by molar-refractivity contribution is 0.102. The average Bonchev–Trinajstić information content (AvgIpc) is 2.74. The molecule has 0 saturated heterocycles. The number of anilines is 2. The predicted octanol–water partition coefficient (Wildman–Crippen LogP) is 3.71. The summed E-state index contributed by atoms with van der Waals surface area (Å²) in [6, 6.07) is 9.51. The number of carbonyl (C=O) groups is 1. The Morgan fingerprint density at radius 2 is 2.10 bits per heavy atom. The summed E-state index contributed by atoms with van der Waals surface area (Å²) in [7, 11) is 0. The van der Waals surface area contributed by atoms with Crippen LogP contribution in [-0.2, 0) is 12.8 Å². The molecule has 3 rings (SSSR count). The molecule has 3 N–H and O–H groups in total. The van der Waals surface area contributed by atoms with Crippen molar-refractivity contribution < 1.29 is 4.79 Å². The van der Waals surface area contributed by atoms with Crippen molar-refractivity contribution in [3.63, 3.8) is 0 Å². The number of carbonyl (C=O) groups excluding carboxylic acids is 1. The SMILES string of the molecule is C[C@H]1CCc2c(sc(N)c2C(=O)Nc2ccccc2)C1. The van der Waals surface area contributed by atoms with E-state index in [0.717, 1.165) is 24.9 Å². The molecule has 1 amide bonds. The molecule has 0 unspecified atom stereocenters. The van der Waals surface area contributed by atoms with Gasteiger partial charge in [0.1, 0.15) is 0 Å². The van der Waals surface area contributed by atoms with Crippen LogP contribution in [0, 0.1) is 5.92 Å². The predicted molar refractivity (Wildman–Crippen MR) is 84.3 cm³/mol. The molecule has 1 aromatic carbocycles. The van der Waals surface area contributed by atoms with Crippen LogP contribution in [0.15, 0.2) is 30.3 Å². The Morgan fingerprint density at radius 1 is 1.35 bits per heavy atom. The van der Waals surface area contributed by atoms with E-state index in [-0.39, 0.29) is 5.91 Å². The van der Waals surface area contributed by atoms with Crippen LogP contribution in [-0.4, -0.2) is 5.91 Å². The molecule has 1 aromatic heterocycles. The molecule has 3 nitrogen and oxygen atoms in total. The van der Waals surface area contributed by atoms with Gasteiger partial charge in [-0.2, -0.15) is 0 Å². The zero-order valence-corrected chi connectivity index (χ0v) is 12.3. The van der Waals surface area contributed by atoms with Crippen LogP contribution in [0.5, 0.6) is 0 Å². The number of nitrogen functional groups attached to an aromatic ring is 1. The molecule has 0 radical (unpaired) electrons. The third kappa shape index (κ3) is 2.43. The molecule has 1 aliphatic rings. The molecule has 0 saturated carbocycles. The first-order valence-corrected chi connectivity index (χ1v) is 7.73. The summed E-state index contributed by atoms with van der Waals surface area (Å²) in [5.74, 6) is 0.603. The molecule has 0 bridgehead atoms. The lowest BCUT2D eigenvalue weighted by Gasteiger charge is -2.18. The van der Waals surface area contributed by atoms with E-state index in [1.165, 1.54) is 10.4 Å². The summed E-state index contributed by atoms with van der Waals surface area (Å²) in [4.78, 5) is 13.8. The molecule has 1 aliphatic carbocycles. The van der Waals surface area contributed by atoms with Crippen molar-refractivity contribution in [1.82, 2.24) is 0 Å². The van der Waals surface area contributed by atoms with Crippen molar-refractivity contribution in [2.45, 2.75) is 26.2 Å². The van der Waals surface area contributed by atoms with Gasteiger partial charge in [0.2, 0.25) is 0 Å². The minimum atomic E-state index is -0.0826. The molecule has 20 heavy (non-hydrogen) atoms. The number of thiophene rings is 1. The number of hydrogen-bond donors (Lipinski definition) is 2. The normalized spacial score (nSPS) is 17.6. The highest BCUT2D eigenvalue weighted by atomic mass is 32.1. The van der Waals surface area contributed by atoms with E-state index in [4.69, 9.17) is 5.73 Å². The van der Waals surface area contributed by atoms with E-state index >= 15 is 0 Å². The number of amides is 1. The maximum absolute atomic E-state index is 12.5. The fraction of sp³-hybridized carbons (Fsp3) is 0.312. The molecule has 0 fully saturated rings. The third-order valence-corrected chi connectivity index (χ3v) is 4.88. The summed E-state index contributed by atoms with van der Waals surface area (Å²) in [6.07, 6.45) is 3.14. The topological polar surface area (TPSA) is 55.1 Å². The van der Waals surface area contributed by atoms with Gasteiger partial charge in [-0.15, -0.1) is 11.3 Å². The van der Waals surface area contributed by atoms with Gasteiger partial charge in [-0.05, 0) is 42.9 Å². The molecule has 104 valence electrons. The van der Waals surface area contributed by atoms with Crippen LogP contribution in [0.25, 0.3) is 0 Å². The summed E-state index contributed by atoms with van der Waals surface area (Å²) in [5.41, 5.74) is 8.75. The monoisotopic (exact) mass is 286 g/mol. The maximum atomic E-state index is 12.5. The van der Waals surface area contributed by atoms with E-state index in [2.05, 4.69) is 12.2 Å². The Bertz CT molecular complexity index is 633. The third-order valence-electron chi connectivity index (χ3n) is 3.80. The van der Waals surface area contributed by atoms with Crippen LogP contribution < -0.4 is 11.1 Å². The Morgan fingerprint density at radius 3 is 2.85 bits per heavy atom. The van der Waals surface area contributed by atoms with Crippen molar-refractivity contribution in [2.24, 2.45) is 5.92 Å². The minimum absolute atomic E-state index is 0.0826. The van der Waals surface area contributed by atoms with Gasteiger partial charge in [-0.3, -0.25) is 4.79 Å². The van der Waals surface area contributed by atoms with E-state index in [1.54, 1.807) is 11.3 Å². The second kappa shape index (κ2) is 5.29. The van der Waals surface area contributed by atoms with Gasteiger partial charge in [0.25, 0.3) is 5.91 Å². The fourth-order valence-electron chi connectivity index (χ4n) is 2.74. The highest BCUT2D eigenvalue weighted by molar-refractivity contribution is 7.16. The molecular formula is C16H18N2OS. The van der Waals surface area contributed by atoms with Gasteiger partial charge in [0, 0.05) is 10.6 Å². The van der Waals surface area contributed by atoms with E-state index in [0.29, 0.717) is 16.5 Å². The Hall–Kier alpha value is -1.81. The highest BCUT2D eigenvalue weighted by Crippen LogP contribution is 2.38. The van der Waals surface area contributed by atoms with E-state index in [1.807, 2.05) is 30.3 Å². The molecular weight excluding hydrogens is 268 g/mol. The number of para-hydroxylation sites is 1.